The predicted octanol–water partition coefficient (Wildman–Crippen LogP) is 4.73. The highest BCUT2D eigenvalue weighted by molar-refractivity contribution is 6.00. The van der Waals surface area contributed by atoms with Crippen molar-refractivity contribution in [3.05, 3.63) is 94.7 Å². The number of aromatic nitrogens is 2. The molecule has 2 heterocycles. The fourth-order valence-electron chi connectivity index (χ4n) is 4.60. The third-order valence-corrected chi connectivity index (χ3v) is 6.06. The van der Waals surface area contributed by atoms with E-state index in [1.54, 1.807) is 4.90 Å². The molecule has 0 aliphatic carbocycles. The Morgan fingerprint density at radius 2 is 1.79 bits per heavy atom. The first-order chi connectivity index (χ1) is 16.5. The first kappa shape index (κ1) is 21.7. The number of rotatable bonds is 6. The molecular formula is C27H25N3O4. The molecular weight excluding hydrogens is 430 g/mol. The molecule has 0 radical (unpaired) electrons. The Balaban J connectivity index is 1.63. The number of nitrogens with one attached hydrogen (secondary N) is 1. The monoisotopic (exact) mass is 455 g/mol. The molecule has 1 amide bonds. The number of carbonyl (C=O) groups excluding carboxylic acids is 1. The number of carbonyl (C=O) groups is 1. The number of ether oxygens (including phenoxy) is 1. The van der Waals surface area contributed by atoms with Gasteiger partial charge in [0.05, 0.1) is 12.6 Å². The number of amides is 1. The zero-order valence-corrected chi connectivity index (χ0v) is 18.9. The van der Waals surface area contributed by atoms with Crippen molar-refractivity contribution in [2.45, 2.75) is 19.9 Å². The number of phenolic OH excluding ortho intramolecular Hbond substituents is 1. The summed E-state index contributed by atoms with van der Waals surface area (Å²) >= 11 is 0. The summed E-state index contributed by atoms with van der Waals surface area (Å²) in [6, 6.07) is 20.3. The lowest BCUT2D eigenvalue weighted by Gasteiger charge is -2.26. The molecule has 172 valence electrons. The van der Waals surface area contributed by atoms with E-state index in [1.807, 2.05) is 80.6 Å². The predicted molar refractivity (Wildman–Crippen MR) is 128 cm³/mol. The minimum Gasteiger partial charge on any atom is -0.507 e. The second kappa shape index (κ2) is 8.68. The Morgan fingerprint density at radius 1 is 1.03 bits per heavy atom. The van der Waals surface area contributed by atoms with Gasteiger partial charge in [-0.1, -0.05) is 36.4 Å². The number of fused-ring (bicyclic) bond motifs is 1. The normalized spacial score (nSPS) is 15.0. The molecule has 0 unspecified atom stereocenters. The van der Waals surface area contributed by atoms with Crippen molar-refractivity contribution >= 4 is 5.91 Å². The van der Waals surface area contributed by atoms with E-state index < -0.39 is 6.04 Å². The van der Waals surface area contributed by atoms with Crippen molar-refractivity contribution in [2.75, 3.05) is 13.2 Å². The molecule has 7 heteroatoms. The van der Waals surface area contributed by atoms with E-state index in [2.05, 4.69) is 10.2 Å². The summed E-state index contributed by atoms with van der Waals surface area (Å²) in [4.78, 5) is 14.9. The number of phenols is 1. The first-order valence-electron chi connectivity index (χ1n) is 11.1. The van der Waals surface area contributed by atoms with Crippen LogP contribution in [-0.4, -0.2) is 44.4 Å². The van der Waals surface area contributed by atoms with Crippen molar-refractivity contribution < 1.29 is 19.7 Å². The van der Waals surface area contributed by atoms with Gasteiger partial charge in [0.2, 0.25) is 0 Å². The van der Waals surface area contributed by atoms with E-state index in [1.165, 1.54) is 0 Å². The molecule has 0 fully saturated rings. The third-order valence-electron chi connectivity index (χ3n) is 6.06. The number of aromatic amines is 1. The molecule has 1 aromatic heterocycles. The maximum absolute atomic E-state index is 13.3. The van der Waals surface area contributed by atoms with Crippen LogP contribution in [0, 0.1) is 13.8 Å². The molecule has 1 atom stereocenters. The maximum Gasteiger partial charge on any atom is 0.273 e. The number of nitrogens with zero attached hydrogens (tertiary/aromatic N) is 2. The average Bonchev–Trinajstić information content (AvgIpc) is 3.36. The zero-order valence-electron chi connectivity index (χ0n) is 18.9. The number of aromatic hydroxyl groups is 1. The quantitative estimate of drug-likeness (QED) is 0.390. The number of aliphatic hydroxyl groups excluding tert-OH is 1. The molecule has 0 saturated heterocycles. The van der Waals surface area contributed by atoms with E-state index in [9.17, 15) is 15.0 Å². The number of aryl methyl sites for hydroxylation is 2. The van der Waals surface area contributed by atoms with Gasteiger partial charge in [-0.05, 0) is 60.9 Å². The van der Waals surface area contributed by atoms with E-state index in [0.717, 1.165) is 16.7 Å². The highest BCUT2D eigenvalue weighted by Gasteiger charge is 2.42. The highest BCUT2D eigenvalue weighted by atomic mass is 16.5. The van der Waals surface area contributed by atoms with Gasteiger partial charge in [-0.3, -0.25) is 9.89 Å². The molecule has 3 aromatic carbocycles. The second-order valence-electron chi connectivity index (χ2n) is 8.45. The Hall–Kier alpha value is -4.10. The van der Waals surface area contributed by atoms with E-state index in [4.69, 9.17) is 4.74 Å². The lowest BCUT2D eigenvalue weighted by Crippen LogP contribution is -2.32. The second-order valence-corrected chi connectivity index (χ2v) is 8.45. The molecule has 7 nitrogen and oxygen atoms in total. The standard InChI is InChI=1S/C27H25N3O4/c1-16-13-17(2)26(32)21(14-16)23-22-24(29-28-23)27(33)30(11-12-31)25(22)18-7-6-10-20(15-18)34-19-8-4-3-5-9-19/h3-10,13-15,25,31-32H,11-12H2,1-2H3,(H,28,29)/t25-/m0/s1. The van der Waals surface area contributed by atoms with Gasteiger partial charge in [0.25, 0.3) is 5.91 Å². The SMILES string of the molecule is Cc1cc(C)c(O)c(-c2n[nH]c3c2[C@H](c2cccc(Oc4ccccc4)c2)N(CCO)C3=O)c1. The van der Waals surface area contributed by atoms with Gasteiger partial charge in [0.15, 0.2) is 0 Å². The molecule has 5 rings (SSSR count). The largest absolute Gasteiger partial charge is 0.507 e. The van der Waals surface area contributed by atoms with Crippen LogP contribution in [0.2, 0.25) is 0 Å². The Morgan fingerprint density at radius 3 is 2.56 bits per heavy atom. The van der Waals surface area contributed by atoms with E-state index in [-0.39, 0.29) is 24.8 Å². The summed E-state index contributed by atoms with van der Waals surface area (Å²) in [5.74, 6) is 1.23. The van der Waals surface area contributed by atoms with Gasteiger partial charge in [-0.2, -0.15) is 5.10 Å². The van der Waals surface area contributed by atoms with Crippen LogP contribution >= 0.6 is 0 Å². The molecule has 1 aliphatic rings. The van der Waals surface area contributed by atoms with Crippen LogP contribution in [0.1, 0.15) is 38.8 Å². The number of benzene rings is 3. The summed E-state index contributed by atoms with van der Waals surface area (Å²) in [5, 5.41) is 27.8. The number of β-amino-alcohol motifs (C(OH)–C–C–N with tert-alkyl or cyclic N) is 1. The van der Waals surface area contributed by atoms with Crippen molar-refractivity contribution in [3.63, 3.8) is 0 Å². The van der Waals surface area contributed by atoms with Crippen LogP contribution in [0.5, 0.6) is 17.2 Å². The van der Waals surface area contributed by atoms with E-state index in [0.29, 0.717) is 34.0 Å². The van der Waals surface area contributed by atoms with Crippen molar-refractivity contribution in [2.24, 2.45) is 0 Å². The van der Waals surface area contributed by atoms with Gasteiger partial charge in [-0.25, -0.2) is 0 Å². The molecule has 1 aliphatic heterocycles. The molecule has 0 bridgehead atoms. The molecule has 4 aromatic rings. The summed E-state index contributed by atoms with van der Waals surface area (Å²) < 4.78 is 6.02. The number of aliphatic hydroxyl groups is 1. The maximum atomic E-state index is 13.3. The summed E-state index contributed by atoms with van der Waals surface area (Å²) in [5.41, 5.74) is 4.66. The smallest absolute Gasteiger partial charge is 0.273 e. The molecule has 0 spiro atoms. The number of hydrogen-bond acceptors (Lipinski definition) is 5. The van der Waals surface area contributed by atoms with Crippen molar-refractivity contribution in [1.29, 1.82) is 0 Å². The summed E-state index contributed by atoms with van der Waals surface area (Å²) in [7, 11) is 0. The van der Waals surface area contributed by atoms with Crippen LogP contribution in [-0.2, 0) is 0 Å². The zero-order chi connectivity index (χ0) is 23.8. The van der Waals surface area contributed by atoms with Gasteiger partial charge in [0, 0.05) is 17.7 Å². The van der Waals surface area contributed by atoms with Gasteiger partial charge in [-0.15, -0.1) is 0 Å². The number of hydrogen-bond donors (Lipinski definition) is 3. The molecule has 3 N–H and O–H groups in total. The third kappa shape index (κ3) is 3.70. The van der Waals surface area contributed by atoms with Crippen LogP contribution in [0.4, 0.5) is 0 Å². The highest BCUT2D eigenvalue weighted by Crippen LogP contribution is 2.45. The van der Waals surface area contributed by atoms with Gasteiger partial charge in [0.1, 0.15) is 28.6 Å². The van der Waals surface area contributed by atoms with Crippen LogP contribution < -0.4 is 4.74 Å². The topological polar surface area (TPSA) is 98.7 Å². The molecule has 0 saturated carbocycles. The van der Waals surface area contributed by atoms with Crippen LogP contribution in [0.25, 0.3) is 11.3 Å². The van der Waals surface area contributed by atoms with E-state index >= 15 is 0 Å². The van der Waals surface area contributed by atoms with Crippen LogP contribution in [0.15, 0.2) is 66.7 Å². The minimum absolute atomic E-state index is 0.132. The lowest BCUT2D eigenvalue weighted by atomic mass is 9.94. The average molecular weight is 456 g/mol. The lowest BCUT2D eigenvalue weighted by molar-refractivity contribution is 0.0706. The number of para-hydroxylation sites is 1. The Bertz CT molecular complexity index is 1360. The Kier molecular flexibility index (Phi) is 5.55. The molecule has 34 heavy (non-hydrogen) atoms. The first-order valence-corrected chi connectivity index (χ1v) is 11.1. The number of H-pyrrole nitrogens is 1. The van der Waals surface area contributed by atoms with Gasteiger partial charge < -0.3 is 19.8 Å². The Labute approximate surface area is 197 Å². The van der Waals surface area contributed by atoms with Crippen LogP contribution in [0.3, 0.4) is 0 Å². The van der Waals surface area contributed by atoms with Gasteiger partial charge >= 0.3 is 0 Å². The minimum atomic E-state index is -0.497. The fraction of sp³-hybridized carbons (Fsp3) is 0.185. The fourth-order valence-corrected chi connectivity index (χ4v) is 4.60. The van der Waals surface area contributed by atoms with Crippen molar-refractivity contribution in [3.8, 4) is 28.5 Å². The summed E-state index contributed by atoms with van der Waals surface area (Å²) in [6.07, 6.45) is 0. The summed E-state index contributed by atoms with van der Waals surface area (Å²) in [6.45, 7) is 3.77. The van der Waals surface area contributed by atoms with Crippen molar-refractivity contribution in [1.82, 2.24) is 15.1 Å².